The molecule has 1 aliphatic heterocycles. The fourth-order valence-electron chi connectivity index (χ4n) is 2.06. The van der Waals surface area contributed by atoms with Crippen LogP contribution in [0.25, 0.3) is 0 Å². The van der Waals surface area contributed by atoms with Crippen molar-refractivity contribution in [2.75, 3.05) is 17.2 Å². The lowest BCUT2D eigenvalue weighted by atomic mass is 10.2. The summed E-state index contributed by atoms with van der Waals surface area (Å²) in [7, 11) is 0. The fourth-order valence-corrected chi connectivity index (χ4v) is 2.06. The molecule has 86 valence electrons. The highest BCUT2D eigenvalue weighted by Gasteiger charge is 2.22. The second-order valence-electron chi connectivity index (χ2n) is 3.87. The average molecular weight is 229 g/mol. The van der Waals surface area contributed by atoms with Crippen molar-refractivity contribution >= 4 is 17.6 Å². The van der Waals surface area contributed by atoms with Crippen molar-refractivity contribution in [1.82, 2.24) is 15.0 Å². The van der Waals surface area contributed by atoms with E-state index < -0.39 is 5.69 Å². The van der Waals surface area contributed by atoms with Crippen LogP contribution >= 0.6 is 0 Å². The Kier molecular flexibility index (Phi) is 2.07. The Labute approximate surface area is 97.1 Å². The van der Waals surface area contributed by atoms with Crippen molar-refractivity contribution in [2.45, 2.75) is 6.42 Å². The van der Waals surface area contributed by atoms with Gasteiger partial charge >= 0.3 is 5.69 Å². The predicted molar refractivity (Wildman–Crippen MR) is 64.2 cm³/mol. The molecule has 2 aromatic rings. The summed E-state index contributed by atoms with van der Waals surface area (Å²) in [4.78, 5) is 23.4. The summed E-state index contributed by atoms with van der Waals surface area (Å²) in [6, 6.07) is 8.00. The molecule has 0 aliphatic carbocycles. The molecule has 2 heterocycles. The minimum Gasteiger partial charge on any atom is -0.369 e. The van der Waals surface area contributed by atoms with Crippen LogP contribution in [0.2, 0.25) is 0 Å². The topological polar surface area (TPSA) is 87.9 Å². The third-order valence-corrected chi connectivity index (χ3v) is 2.79. The molecule has 0 bridgehead atoms. The third-order valence-electron chi connectivity index (χ3n) is 2.79. The molecule has 6 nitrogen and oxygen atoms in total. The summed E-state index contributed by atoms with van der Waals surface area (Å²) >= 11 is 0. The van der Waals surface area contributed by atoms with Crippen LogP contribution in [0.4, 0.5) is 17.6 Å². The van der Waals surface area contributed by atoms with Gasteiger partial charge in [-0.3, -0.25) is 4.98 Å². The molecule has 0 saturated carbocycles. The highest BCUT2D eigenvalue weighted by molar-refractivity contribution is 5.65. The van der Waals surface area contributed by atoms with E-state index in [4.69, 9.17) is 5.73 Å². The molecule has 0 atom stereocenters. The molecule has 0 spiro atoms. The highest BCUT2D eigenvalue weighted by atomic mass is 16.1. The zero-order valence-corrected chi connectivity index (χ0v) is 9.05. The van der Waals surface area contributed by atoms with E-state index in [1.165, 1.54) is 5.56 Å². The lowest BCUT2D eigenvalue weighted by molar-refractivity contribution is 0.903. The van der Waals surface area contributed by atoms with E-state index in [2.05, 4.69) is 21.0 Å². The molecule has 0 saturated heterocycles. The smallest absolute Gasteiger partial charge is 0.351 e. The molecular weight excluding hydrogens is 218 g/mol. The molecular formula is C11H11N5O. The molecule has 3 rings (SSSR count). The number of fused-ring (bicyclic) bond motifs is 1. The summed E-state index contributed by atoms with van der Waals surface area (Å²) in [6.07, 6.45) is 0.923. The Bertz CT molecular complexity index is 621. The lowest BCUT2D eigenvalue weighted by Gasteiger charge is -2.16. The first kappa shape index (κ1) is 9.83. The van der Waals surface area contributed by atoms with Gasteiger partial charge in [0, 0.05) is 12.2 Å². The average Bonchev–Trinajstić information content (AvgIpc) is 2.71. The monoisotopic (exact) mass is 229 g/mol. The number of hydrogen-bond donors (Lipinski definition) is 2. The number of nitrogens with zero attached hydrogens (tertiary/aromatic N) is 3. The first-order valence-corrected chi connectivity index (χ1v) is 5.33. The minimum atomic E-state index is -0.475. The van der Waals surface area contributed by atoms with E-state index in [9.17, 15) is 4.79 Å². The van der Waals surface area contributed by atoms with Crippen LogP contribution < -0.4 is 16.3 Å². The van der Waals surface area contributed by atoms with Crippen LogP contribution in [-0.2, 0) is 6.42 Å². The number of hydrogen-bond acceptors (Lipinski definition) is 5. The van der Waals surface area contributed by atoms with Crippen molar-refractivity contribution in [3.8, 4) is 0 Å². The van der Waals surface area contributed by atoms with E-state index in [1.807, 2.05) is 23.1 Å². The van der Waals surface area contributed by atoms with Gasteiger partial charge in [-0.2, -0.15) is 9.97 Å². The summed E-state index contributed by atoms with van der Waals surface area (Å²) in [5, 5.41) is 0. The lowest BCUT2D eigenvalue weighted by Crippen LogP contribution is -2.23. The Morgan fingerprint density at radius 1 is 1.29 bits per heavy atom. The molecule has 1 aromatic heterocycles. The fraction of sp³-hybridized carbons (Fsp3) is 0.182. The van der Waals surface area contributed by atoms with Crippen LogP contribution in [0.5, 0.6) is 0 Å². The van der Waals surface area contributed by atoms with Crippen LogP contribution in [0.15, 0.2) is 29.1 Å². The SMILES string of the molecule is Nc1nc(N2CCc3ccccc32)nc(=O)[nH]1. The zero-order valence-electron chi connectivity index (χ0n) is 9.05. The Morgan fingerprint density at radius 2 is 2.12 bits per heavy atom. The maximum Gasteiger partial charge on any atom is 0.351 e. The molecule has 0 unspecified atom stereocenters. The number of nitrogens with two attached hydrogens (primary N) is 1. The van der Waals surface area contributed by atoms with Gasteiger partial charge in [-0.1, -0.05) is 18.2 Å². The van der Waals surface area contributed by atoms with Crippen LogP contribution in [-0.4, -0.2) is 21.5 Å². The van der Waals surface area contributed by atoms with Crippen molar-refractivity contribution in [3.63, 3.8) is 0 Å². The van der Waals surface area contributed by atoms with Crippen molar-refractivity contribution < 1.29 is 0 Å². The molecule has 1 aromatic carbocycles. The number of nitrogen functional groups attached to an aromatic ring is 1. The van der Waals surface area contributed by atoms with Crippen LogP contribution in [0.3, 0.4) is 0 Å². The maximum atomic E-state index is 11.3. The van der Waals surface area contributed by atoms with Gasteiger partial charge in [0.2, 0.25) is 11.9 Å². The first-order chi connectivity index (χ1) is 8.24. The number of para-hydroxylation sites is 1. The standard InChI is InChI=1S/C11H11N5O/c12-9-13-10(15-11(17)14-9)16-6-5-7-3-1-2-4-8(7)16/h1-4H,5-6H2,(H3,12,13,14,15,17). The van der Waals surface area contributed by atoms with E-state index in [-0.39, 0.29) is 5.95 Å². The number of aromatic nitrogens is 3. The Morgan fingerprint density at radius 3 is 2.94 bits per heavy atom. The van der Waals surface area contributed by atoms with Crippen LogP contribution in [0, 0.1) is 0 Å². The number of benzene rings is 1. The van der Waals surface area contributed by atoms with Crippen molar-refractivity contribution in [1.29, 1.82) is 0 Å². The largest absolute Gasteiger partial charge is 0.369 e. The van der Waals surface area contributed by atoms with E-state index in [1.54, 1.807) is 0 Å². The Hall–Kier alpha value is -2.37. The van der Waals surface area contributed by atoms with Gasteiger partial charge in [0.05, 0.1) is 0 Å². The number of rotatable bonds is 1. The number of aromatic amines is 1. The first-order valence-electron chi connectivity index (χ1n) is 5.33. The third kappa shape index (κ3) is 1.63. The van der Waals surface area contributed by atoms with Crippen LogP contribution in [0.1, 0.15) is 5.56 Å². The van der Waals surface area contributed by atoms with E-state index in [0.29, 0.717) is 5.95 Å². The molecule has 17 heavy (non-hydrogen) atoms. The maximum absolute atomic E-state index is 11.3. The van der Waals surface area contributed by atoms with Gasteiger partial charge in [-0.25, -0.2) is 4.79 Å². The predicted octanol–water partition coefficient (Wildman–Crippen LogP) is 0.441. The quantitative estimate of drug-likeness (QED) is 0.740. The molecule has 0 radical (unpaired) electrons. The van der Waals surface area contributed by atoms with Gasteiger partial charge in [0.25, 0.3) is 0 Å². The van der Waals surface area contributed by atoms with E-state index in [0.717, 1.165) is 18.7 Å². The van der Waals surface area contributed by atoms with Gasteiger partial charge in [-0.05, 0) is 18.1 Å². The minimum absolute atomic E-state index is 0.0874. The summed E-state index contributed by atoms with van der Waals surface area (Å²) in [6.45, 7) is 0.766. The second kappa shape index (κ2) is 3.58. The number of H-pyrrole nitrogens is 1. The summed E-state index contributed by atoms with van der Waals surface area (Å²) in [5.74, 6) is 0.445. The molecule has 6 heteroatoms. The normalized spacial score (nSPS) is 13.8. The summed E-state index contributed by atoms with van der Waals surface area (Å²) in [5.41, 5.74) is 7.31. The highest BCUT2D eigenvalue weighted by Crippen LogP contribution is 2.31. The van der Waals surface area contributed by atoms with Gasteiger partial charge < -0.3 is 10.6 Å². The second-order valence-corrected chi connectivity index (χ2v) is 3.87. The number of anilines is 3. The molecule has 0 amide bonds. The molecule has 0 fully saturated rings. The molecule has 1 aliphatic rings. The van der Waals surface area contributed by atoms with Gasteiger partial charge in [0.15, 0.2) is 0 Å². The van der Waals surface area contributed by atoms with E-state index >= 15 is 0 Å². The van der Waals surface area contributed by atoms with Crippen molar-refractivity contribution in [3.05, 3.63) is 40.3 Å². The molecule has 3 N–H and O–H groups in total. The summed E-state index contributed by atoms with van der Waals surface area (Å²) < 4.78 is 0. The Balaban J connectivity index is 2.10. The zero-order chi connectivity index (χ0) is 11.8. The van der Waals surface area contributed by atoms with Gasteiger partial charge in [-0.15, -0.1) is 0 Å². The van der Waals surface area contributed by atoms with Crippen molar-refractivity contribution in [2.24, 2.45) is 0 Å². The number of nitrogens with one attached hydrogen (secondary N) is 1. The van der Waals surface area contributed by atoms with Gasteiger partial charge in [0.1, 0.15) is 0 Å².